The molecule has 0 bridgehead atoms. The SMILES string of the molecule is CCn1c2ccccc2c2cc(NC(=O)[C@@H]3CC(=CC#N)CN3C(=O)c3ccc(Oc4ccccc4)cc3)ccc21. The first kappa shape index (κ1) is 25.9. The summed E-state index contributed by atoms with van der Waals surface area (Å²) >= 11 is 0. The van der Waals surface area contributed by atoms with E-state index in [1.165, 1.54) is 11.0 Å². The van der Waals surface area contributed by atoms with E-state index in [4.69, 9.17) is 4.74 Å². The summed E-state index contributed by atoms with van der Waals surface area (Å²) < 4.78 is 8.10. The van der Waals surface area contributed by atoms with Crippen LogP contribution in [0.3, 0.4) is 0 Å². The van der Waals surface area contributed by atoms with Gasteiger partial charge in [-0.05, 0) is 73.2 Å². The quantitative estimate of drug-likeness (QED) is 0.237. The highest BCUT2D eigenvalue weighted by atomic mass is 16.5. The summed E-state index contributed by atoms with van der Waals surface area (Å²) in [5, 5.41) is 14.5. The van der Waals surface area contributed by atoms with Gasteiger partial charge in [-0.25, -0.2) is 0 Å². The van der Waals surface area contributed by atoms with Crippen molar-refractivity contribution in [3.05, 3.63) is 114 Å². The maximum absolute atomic E-state index is 13.6. The Bertz CT molecular complexity index is 1830. The third kappa shape index (κ3) is 5.04. The van der Waals surface area contributed by atoms with E-state index in [0.717, 1.165) is 33.9 Å². The lowest BCUT2D eigenvalue weighted by molar-refractivity contribution is -0.119. The molecule has 0 unspecified atom stereocenters. The van der Waals surface area contributed by atoms with Crippen molar-refractivity contribution in [3.63, 3.8) is 0 Å². The van der Waals surface area contributed by atoms with Gasteiger partial charge in [0.2, 0.25) is 5.91 Å². The van der Waals surface area contributed by atoms with Gasteiger partial charge >= 0.3 is 0 Å². The monoisotopic (exact) mass is 540 g/mol. The molecule has 1 atom stereocenters. The molecule has 7 nitrogen and oxygen atoms in total. The normalized spacial score (nSPS) is 15.8. The summed E-state index contributed by atoms with van der Waals surface area (Å²) in [5.41, 5.74) is 4.09. The molecule has 1 fully saturated rings. The number of fused-ring (bicyclic) bond motifs is 3. The topological polar surface area (TPSA) is 87.4 Å². The number of anilines is 1. The highest BCUT2D eigenvalue weighted by molar-refractivity contribution is 6.10. The second-order valence-corrected chi connectivity index (χ2v) is 10.0. The smallest absolute Gasteiger partial charge is 0.254 e. The van der Waals surface area contributed by atoms with Gasteiger partial charge in [0.05, 0.1) is 6.07 Å². The zero-order valence-electron chi connectivity index (χ0n) is 22.6. The van der Waals surface area contributed by atoms with Gasteiger partial charge in [-0.2, -0.15) is 5.26 Å². The number of likely N-dealkylation sites (tertiary alicyclic amines) is 1. The van der Waals surface area contributed by atoms with Gasteiger partial charge in [-0.15, -0.1) is 0 Å². The summed E-state index contributed by atoms with van der Waals surface area (Å²) in [5.74, 6) is 0.737. The molecule has 202 valence electrons. The van der Waals surface area contributed by atoms with Crippen LogP contribution in [0.15, 0.2) is 109 Å². The Morgan fingerprint density at radius 2 is 1.63 bits per heavy atom. The molecule has 0 radical (unpaired) electrons. The number of benzene rings is 4. The van der Waals surface area contributed by atoms with Crippen LogP contribution in [0.5, 0.6) is 11.5 Å². The summed E-state index contributed by atoms with van der Waals surface area (Å²) in [4.78, 5) is 28.7. The molecule has 7 heteroatoms. The van der Waals surface area contributed by atoms with Crippen molar-refractivity contribution in [3.8, 4) is 17.6 Å². The first-order valence-electron chi connectivity index (χ1n) is 13.6. The van der Waals surface area contributed by atoms with E-state index < -0.39 is 6.04 Å². The van der Waals surface area contributed by atoms with Gasteiger partial charge in [0, 0.05) is 58.6 Å². The molecule has 1 N–H and O–H groups in total. The van der Waals surface area contributed by atoms with Crippen molar-refractivity contribution in [2.24, 2.45) is 0 Å². The largest absolute Gasteiger partial charge is 0.457 e. The number of allylic oxidation sites excluding steroid dienone is 1. The summed E-state index contributed by atoms with van der Waals surface area (Å²) in [6.45, 7) is 3.17. The molecule has 4 aromatic carbocycles. The lowest BCUT2D eigenvalue weighted by atomic mass is 10.1. The number of aryl methyl sites for hydroxylation is 1. The predicted molar refractivity (Wildman–Crippen MR) is 160 cm³/mol. The average Bonchev–Trinajstić information content (AvgIpc) is 3.57. The van der Waals surface area contributed by atoms with E-state index in [0.29, 0.717) is 29.2 Å². The van der Waals surface area contributed by atoms with Crippen LogP contribution in [-0.2, 0) is 11.3 Å². The van der Waals surface area contributed by atoms with E-state index in [1.54, 1.807) is 24.3 Å². The van der Waals surface area contributed by atoms with Crippen molar-refractivity contribution in [2.75, 3.05) is 11.9 Å². The van der Waals surface area contributed by atoms with Crippen molar-refractivity contribution in [2.45, 2.75) is 25.9 Å². The minimum Gasteiger partial charge on any atom is -0.457 e. The standard InChI is InChI=1S/C34H28N4O3/c1-2-37-30-11-7-6-10-28(30)29-21-25(14-17-31(29)37)36-33(39)32-20-23(18-19-35)22-38(32)34(40)24-12-15-27(16-13-24)41-26-8-4-3-5-9-26/h3-18,21,32H,2,20,22H2,1H3,(H,36,39)/t32-/m0/s1. The van der Waals surface area contributed by atoms with Gasteiger partial charge in [0.25, 0.3) is 5.91 Å². The van der Waals surface area contributed by atoms with Crippen LogP contribution in [0.4, 0.5) is 5.69 Å². The van der Waals surface area contributed by atoms with Gasteiger partial charge < -0.3 is 19.5 Å². The Labute approximate surface area is 237 Å². The van der Waals surface area contributed by atoms with Gasteiger partial charge in [0.15, 0.2) is 0 Å². The van der Waals surface area contributed by atoms with E-state index >= 15 is 0 Å². The molecule has 1 aliphatic rings. The minimum atomic E-state index is -0.741. The number of hydrogen-bond donors (Lipinski definition) is 1. The number of rotatable bonds is 6. The van der Waals surface area contributed by atoms with Crippen LogP contribution in [0, 0.1) is 11.3 Å². The van der Waals surface area contributed by atoms with Crippen LogP contribution < -0.4 is 10.1 Å². The number of ether oxygens (including phenoxy) is 1. The molecule has 1 aromatic heterocycles. The van der Waals surface area contributed by atoms with Crippen molar-refractivity contribution in [1.29, 1.82) is 5.26 Å². The summed E-state index contributed by atoms with van der Waals surface area (Å²) in [7, 11) is 0. The zero-order valence-corrected chi connectivity index (χ0v) is 22.6. The molecule has 2 heterocycles. The average molecular weight is 541 g/mol. The number of para-hydroxylation sites is 2. The Balaban J connectivity index is 1.24. The molecule has 0 spiro atoms. The van der Waals surface area contributed by atoms with Crippen molar-refractivity contribution >= 4 is 39.3 Å². The number of nitrogens with zero attached hydrogens (tertiary/aromatic N) is 3. The number of aromatic nitrogens is 1. The fourth-order valence-corrected chi connectivity index (χ4v) is 5.55. The molecule has 6 rings (SSSR count). The maximum atomic E-state index is 13.6. The Morgan fingerprint density at radius 1 is 0.927 bits per heavy atom. The predicted octanol–water partition coefficient (Wildman–Crippen LogP) is 6.91. The Morgan fingerprint density at radius 3 is 2.39 bits per heavy atom. The number of nitrogens with one attached hydrogen (secondary N) is 1. The number of carbonyl (C=O) groups is 2. The second-order valence-electron chi connectivity index (χ2n) is 10.0. The van der Waals surface area contributed by atoms with Crippen molar-refractivity contribution in [1.82, 2.24) is 9.47 Å². The molecule has 5 aromatic rings. The first-order valence-corrected chi connectivity index (χ1v) is 13.6. The van der Waals surface area contributed by atoms with E-state index in [2.05, 4.69) is 28.9 Å². The summed E-state index contributed by atoms with van der Waals surface area (Å²) in [6, 6.07) is 31.7. The van der Waals surface area contributed by atoms with Crippen LogP contribution in [-0.4, -0.2) is 33.9 Å². The third-order valence-corrected chi connectivity index (χ3v) is 7.47. The highest BCUT2D eigenvalue weighted by Crippen LogP contribution is 2.32. The fourth-order valence-electron chi connectivity index (χ4n) is 5.55. The first-order chi connectivity index (χ1) is 20.1. The fraction of sp³-hybridized carbons (Fsp3) is 0.147. The number of nitriles is 1. The van der Waals surface area contributed by atoms with E-state index in [1.807, 2.05) is 66.7 Å². The van der Waals surface area contributed by atoms with Crippen LogP contribution in [0.2, 0.25) is 0 Å². The Hall–Kier alpha value is -5.35. The van der Waals surface area contributed by atoms with Crippen LogP contribution >= 0.6 is 0 Å². The van der Waals surface area contributed by atoms with Gasteiger partial charge in [-0.1, -0.05) is 36.4 Å². The number of hydrogen-bond acceptors (Lipinski definition) is 4. The van der Waals surface area contributed by atoms with Crippen LogP contribution in [0.25, 0.3) is 21.8 Å². The number of amides is 2. The van der Waals surface area contributed by atoms with Gasteiger partial charge in [0.1, 0.15) is 17.5 Å². The van der Waals surface area contributed by atoms with Gasteiger partial charge in [-0.3, -0.25) is 9.59 Å². The minimum absolute atomic E-state index is 0.218. The van der Waals surface area contributed by atoms with E-state index in [9.17, 15) is 14.9 Å². The summed E-state index contributed by atoms with van der Waals surface area (Å²) in [6.07, 6.45) is 1.73. The number of carbonyl (C=O) groups excluding carboxylic acids is 2. The third-order valence-electron chi connectivity index (χ3n) is 7.47. The molecule has 2 amide bonds. The molecular weight excluding hydrogens is 512 g/mol. The molecule has 41 heavy (non-hydrogen) atoms. The second kappa shape index (κ2) is 11.0. The van der Waals surface area contributed by atoms with Crippen molar-refractivity contribution < 1.29 is 14.3 Å². The molecule has 1 aliphatic heterocycles. The lowest BCUT2D eigenvalue weighted by Crippen LogP contribution is -2.43. The maximum Gasteiger partial charge on any atom is 0.254 e. The lowest BCUT2D eigenvalue weighted by Gasteiger charge is -2.24. The highest BCUT2D eigenvalue weighted by Gasteiger charge is 2.37. The molecule has 0 aliphatic carbocycles. The molecule has 0 saturated carbocycles. The van der Waals surface area contributed by atoms with Crippen LogP contribution in [0.1, 0.15) is 23.7 Å². The molecular formula is C34H28N4O3. The molecule has 1 saturated heterocycles. The van der Waals surface area contributed by atoms with E-state index in [-0.39, 0.29) is 18.4 Å². The zero-order chi connectivity index (χ0) is 28.3. The Kier molecular flexibility index (Phi) is 6.97.